The summed E-state index contributed by atoms with van der Waals surface area (Å²) in [5.74, 6) is -1.76. The standard InChI is InChI=1S/C23H25N3O4/c1-26(2)19(13-15-9-5-4-6-10-15)22(28)25-20(23(29)30-3)21(27)17-14-24-18-12-8-7-11-16(17)18/h4-12,14,19-20,24H,13H2,1-3H3,(H,25,28)/t19-,20?/m0/s1. The van der Waals surface area contributed by atoms with E-state index in [0.29, 0.717) is 17.4 Å². The van der Waals surface area contributed by atoms with Crippen LogP contribution >= 0.6 is 0 Å². The predicted octanol–water partition coefficient (Wildman–Crippen LogP) is 2.18. The van der Waals surface area contributed by atoms with Crippen molar-refractivity contribution in [1.82, 2.24) is 15.2 Å². The van der Waals surface area contributed by atoms with Crippen LogP contribution in [-0.2, 0) is 20.7 Å². The Labute approximate surface area is 175 Å². The summed E-state index contributed by atoms with van der Waals surface area (Å²) >= 11 is 0. The van der Waals surface area contributed by atoms with Gasteiger partial charge in [-0.3, -0.25) is 14.5 Å². The lowest BCUT2D eigenvalue weighted by Gasteiger charge is -2.25. The van der Waals surface area contributed by atoms with Crippen LogP contribution in [0.3, 0.4) is 0 Å². The molecule has 1 amide bonds. The Morgan fingerprint density at radius 2 is 1.70 bits per heavy atom. The Bertz CT molecular complexity index is 1040. The molecule has 0 spiro atoms. The Morgan fingerprint density at radius 3 is 2.37 bits per heavy atom. The van der Waals surface area contributed by atoms with E-state index in [4.69, 9.17) is 4.74 Å². The number of H-pyrrole nitrogens is 1. The summed E-state index contributed by atoms with van der Waals surface area (Å²) in [6.07, 6.45) is 1.98. The third-order valence-electron chi connectivity index (χ3n) is 5.04. The molecule has 1 heterocycles. The Morgan fingerprint density at radius 1 is 1.03 bits per heavy atom. The number of ether oxygens (including phenoxy) is 1. The molecule has 0 bridgehead atoms. The van der Waals surface area contributed by atoms with Gasteiger partial charge in [0.1, 0.15) is 0 Å². The molecule has 3 aromatic rings. The molecule has 7 nitrogen and oxygen atoms in total. The van der Waals surface area contributed by atoms with Gasteiger partial charge in [0, 0.05) is 22.7 Å². The first-order chi connectivity index (χ1) is 14.4. The fraction of sp³-hybridized carbons (Fsp3) is 0.261. The molecule has 2 N–H and O–H groups in total. The summed E-state index contributed by atoms with van der Waals surface area (Å²) in [5, 5.41) is 3.28. The van der Waals surface area contributed by atoms with Crippen molar-refractivity contribution < 1.29 is 19.1 Å². The number of Topliss-reactive ketones (excluding diaryl/α,β-unsaturated/α-hetero) is 1. The van der Waals surface area contributed by atoms with Gasteiger partial charge in [-0.1, -0.05) is 48.5 Å². The normalized spacial score (nSPS) is 13.1. The van der Waals surface area contributed by atoms with E-state index in [1.54, 1.807) is 37.3 Å². The fourth-order valence-electron chi connectivity index (χ4n) is 3.37. The highest BCUT2D eigenvalue weighted by Gasteiger charge is 2.34. The Hall–Kier alpha value is -3.45. The van der Waals surface area contributed by atoms with Crippen molar-refractivity contribution in [1.29, 1.82) is 0 Å². The zero-order valence-corrected chi connectivity index (χ0v) is 17.2. The first-order valence-corrected chi connectivity index (χ1v) is 9.61. The highest BCUT2D eigenvalue weighted by atomic mass is 16.5. The van der Waals surface area contributed by atoms with Gasteiger partial charge in [0.25, 0.3) is 0 Å². The highest BCUT2D eigenvalue weighted by molar-refractivity contribution is 6.19. The number of amides is 1. The number of nitrogens with zero attached hydrogens (tertiary/aromatic N) is 1. The molecule has 7 heteroatoms. The zero-order chi connectivity index (χ0) is 21.7. The summed E-state index contributed by atoms with van der Waals surface area (Å²) in [4.78, 5) is 43.4. The maximum Gasteiger partial charge on any atom is 0.336 e. The smallest absolute Gasteiger partial charge is 0.336 e. The minimum Gasteiger partial charge on any atom is -0.467 e. The lowest BCUT2D eigenvalue weighted by Crippen LogP contribution is -2.53. The zero-order valence-electron chi connectivity index (χ0n) is 17.2. The van der Waals surface area contributed by atoms with Crippen LogP contribution in [0.5, 0.6) is 0 Å². The van der Waals surface area contributed by atoms with Gasteiger partial charge in [-0.2, -0.15) is 0 Å². The van der Waals surface area contributed by atoms with Gasteiger partial charge in [0.15, 0.2) is 11.8 Å². The predicted molar refractivity (Wildman–Crippen MR) is 114 cm³/mol. The minimum atomic E-state index is -1.43. The number of esters is 1. The van der Waals surface area contributed by atoms with E-state index in [-0.39, 0.29) is 0 Å². The summed E-state index contributed by atoms with van der Waals surface area (Å²) in [7, 11) is 4.75. The molecule has 1 unspecified atom stereocenters. The number of para-hydroxylation sites is 1. The SMILES string of the molecule is COC(=O)C(NC(=O)[C@H](Cc1ccccc1)N(C)C)C(=O)c1c[nH]c2ccccc12. The molecule has 0 aliphatic carbocycles. The van der Waals surface area contributed by atoms with Gasteiger partial charge in [-0.15, -0.1) is 0 Å². The number of aromatic nitrogens is 1. The summed E-state index contributed by atoms with van der Waals surface area (Å²) in [5.41, 5.74) is 2.07. The van der Waals surface area contributed by atoms with Crippen LogP contribution in [0.4, 0.5) is 0 Å². The molecular formula is C23H25N3O4. The van der Waals surface area contributed by atoms with Crippen molar-refractivity contribution >= 4 is 28.6 Å². The van der Waals surface area contributed by atoms with E-state index in [0.717, 1.165) is 11.1 Å². The topological polar surface area (TPSA) is 91.5 Å². The van der Waals surface area contributed by atoms with Crippen molar-refractivity contribution in [3.05, 3.63) is 71.9 Å². The molecule has 0 saturated heterocycles. The molecule has 2 atom stereocenters. The number of likely N-dealkylation sites (N-methyl/N-ethyl adjacent to an activating group) is 1. The van der Waals surface area contributed by atoms with Crippen LogP contribution in [0, 0.1) is 0 Å². The van der Waals surface area contributed by atoms with Gasteiger partial charge < -0.3 is 15.0 Å². The van der Waals surface area contributed by atoms with Gasteiger partial charge in [0.2, 0.25) is 5.91 Å². The van der Waals surface area contributed by atoms with Crippen LogP contribution in [0.1, 0.15) is 15.9 Å². The summed E-state index contributed by atoms with van der Waals surface area (Å²) in [6, 6.07) is 14.8. The maximum atomic E-state index is 13.2. The second kappa shape index (κ2) is 9.37. The van der Waals surface area contributed by atoms with Gasteiger partial charge in [0.05, 0.1) is 13.2 Å². The number of rotatable bonds is 8. The molecule has 0 fully saturated rings. The lowest BCUT2D eigenvalue weighted by atomic mass is 10.0. The quantitative estimate of drug-likeness (QED) is 0.339. The Kier molecular flexibility index (Phi) is 6.64. The Balaban J connectivity index is 1.85. The van der Waals surface area contributed by atoms with E-state index in [1.807, 2.05) is 42.5 Å². The number of ketones is 1. The third kappa shape index (κ3) is 4.58. The average molecular weight is 407 g/mol. The third-order valence-corrected chi connectivity index (χ3v) is 5.04. The van der Waals surface area contributed by atoms with E-state index in [2.05, 4.69) is 10.3 Å². The van der Waals surface area contributed by atoms with Crippen LogP contribution in [0.15, 0.2) is 60.8 Å². The molecule has 0 aliphatic rings. The van der Waals surface area contributed by atoms with Gasteiger partial charge in [-0.25, -0.2) is 4.79 Å². The lowest BCUT2D eigenvalue weighted by molar-refractivity contribution is -0.144. The van der Waals surface area contributed by atoms with Crippen LogP contribution in [0.2, 0.25) is 0 Å². The molecule has 156 valence electrons. The maximum absolute atomic E-state index is 13.2. The molecule has 1 aromatic heterocycles. The van der Waals surface area contributed by atoms with Crippen molar-refractivity contribution in [3.63, 3.8) is 0 Å². The molecular weight excluding hydrogens is 382 g/mol. The van der Waals surface area contributed by atoms with E-state index < -0.39 is 29.7 Å². The minimum absolute atomic E-state index is 0.325. The molecule has 2 aromatic carbocycles. The van der Waals surface area contributed by atoms with E-state index in [1.165, 1.54) is 7.11 Å². The number of fused-ring (bicyclic) bond motifs is 1. The number of aromatic amines is 1. The largest absolute Gasteiger partial charge is 0.467 e. The second-order valence-electron chi connectivity index (χ2n) is 7.25. The number of benzene rings is 2. The molecule has 30 heavy (non-hydrogen) atoms. The molecule has 3 rings (SSSR count). The van der Waals surface area contributed by atoms with E-state index >= 15 is 0 Å². The highest BCUT2D eigenvalue weighted by Crippen LogP contribution is 2.20. The summed E-state index contributed by atoms with van der Waals surface area (Å²) in [6.45, 7) is 0. The van der Waals surface area contributed by atoms with Crippen LogP contribution in [-0.4, -0.2) is 60.8 Å². The first kappa shape index (κ1) is 21.3. The summed E-state index contributed by atoms with van der Waals surface area (Å²) < 4.78 is 4.80. The van der Waals surface area contributed by atoms with Gasteiger partial charge >= 0.3 is 5.97 Å². The van der Waals surface area contributed by atoms with Crippen molar-refractivity contribution in [2.45, 2.75) is 18.5 Å². The fourth-order valence-corrected chi connectivity index (χ4v) is 3.37. The average Bonchev–Trinajstić information content (AvgIpc) is 3.19. The molecule has 0 aliphatic heterocycles. The van der Waals surface area contributed by atoms with Crippen molar-refractivity contribution in [2.24, 2.45) is 0 Å². The van der Waals surface area contributed by atoms with Crippen LogP contribution < -0.4 is 5.32 Å². The number of carbonyl (C=O) groups excluding carboxylic acids is 3. The monoisotopic (exact) mass is 407 g/mol. The number of carbonyl (C=O) groups is 3. The van der Waals surface area contributed by atoms with E-state index in [9.17, 15) is 14.4 Å². The van der Waals surface area contributed by atoms with Gasteiger partial charge in [-0.05, 0) is 32.1 Å². The second-order valence-corrected chi connectivity index (χ2v) is 7.25. The van der Waals surface area contributed by atoms with Crippen LogP contribution in [0.25, 0.3) is 10.9 Å². The number of nitrogens with one attached hydrogen (secondary N) is 2. The van der Waals surface area contributed by atoms with Crippen molar-refractivity contribution in [3.8, 4) is 0 Å². The number of hydrogen-bond acceptors (Lipinski definition) is 5. The number of hydrogen-bond donors (Lipinski definition) is 2. The number of methoxy groups -OCH3 is 1. The van der Waals surface area contributed by atoms with Crippen molar-refractivity contribution in [2.75, 3.05) is 21.2 Å². The molecule has 0 saturated carbocycles. The first-order valence-electron chi connectivity index (χ1n) is 9.61. The molecule has 0 radical (unpaired) electrons.